The van der Waals surface area contributed by atoms with E-state index in [1.807, 2.05) is 36.2 Å². The van der Waals surface area contributed by atoms with E-state index in [1.165, 1.54) is 12.1 Å². The lowest BCUT2D eigenvalue weighted by Gasteiger charge is -2.11. The van der Waals surface area contributed by atoms with E-state index in [0.29, 0.717) is 23.0 Å². The molecular weight excluding hydrogens is 410 g/mol. The van der Waals surface area contributed by atoms with E-state index in [0.717, 1.165) is 24.9 Å². The van der Waals surface area contributed by atoms with Gasteiger partial charge in [0, 0.05) is 36.6 Å². The van der Waals surface area contributed by atoms with Gasteiger partial charge in [-0.2, -0.15) is 8.42 Å². The number of rotatable bonds is 5. The predicted octanol–water partition coefficient (Wildman–Crippen LogP) is 3.90. The van der Waals surface area contributed by atoms with Gasteiger partial charge in [-0.3, -0.25) is 4.79 Å². The molecule has 0 aromatic heterocycles. The van der Waals surface area contributed by atoms with Crippen LogP contribution >= 0.6 is 11.6 Å². The number of hydrogen-bond acceptors (Lipinski definition) is 3. The normalized spacial score (nSPS) is 22.7. The zero-order chi connectivity index (χ0) is 20.6. The molecule has 152 valence electrons. The zero-order valence-electron chi connectivity index (χ0n) is 16.0. The highest BCUT2D eigenvalue weighted by Crippen LogP contribution is 2.50. The minimum absolute atomic E-state index is 0.0709. The van der Waals surface area contributed by atoms with Crippen LogP contribution in [0.4, 0.5) is 5.69 Å². The molecule has 0 spiro atoms. The van der Waals surface area contributed by atoms with Crippen LogP contribution in [-0.4, -0.2) is 38.7 Å². The number of hydrogen-bond donors (Lipinski definition) is 1. The largest absolute Gasteiger partial charge is 0.362 e. The molecule has 2 aliphatic rings. The number of nitrogens with one attached hydrogen (secondary N) is 1. The number of amidine groups is 1. The van der Waals surface area contributed by atoms with E-state index in [2.05, 4.69) is 9.71 Å². The van der Waals surface area contributed by atoms with E-state index in [4.69, 9.17) is 11.6 Å². The average Bonchev–Trinajstić information content (AvgIpc) is 3.39. The van der Waals surface area contributed by atoms with Crippen molar-refractivity contribution in [1.82, 2.24) is 4.90 Å². The molecule has 0 radical (unpaired) electrons. The summed E-state index contributed by atoms with van der Waals surface area (Å²) in [5.74, 6) is 0.369. The van der Waals surface area contributed by atoms with Crippen LogP contribution in [0.1, 0.15) is 30.7 Å². The minimum Gasteiger partial charge on any atom is -0.362 e. The Hall–Kier alpha value is -2.38. The second-order valence-corrected chi connectivity index (χ2v) is 9.51. The van der Waals surface area contributed by atoms with Crippen molar-refractivity contribution in [3.8, 4) is 0 Å². The highest BCUT2D eigenvalue weighted by Gasteiger charge is 2.44. The molecule has 2 aromatic carbocycles. The first-order valence-electron chi connectivity index (χ1n) is 9.55. The quantitative estimate of drug-likeness (QED) is 0.778. The van der Waals surface area contributed by atoms with E-state index in [1.54, 1.807) is 12.1 Å². The van der Waals surface area contributed by atoms with Crippen LogP contribution in [0, 0.1) is 5.92 Å². The Morgan fingerprint density at radius 3 is 2.72 bits per heavy atom. The van der Waals surface area contributed by atoms with Gasteiger partial charge in [-0.15, -0.1) is 4.40 Å². The molecule has 1 heterocycles. The average molecular weight is 432 g/mol. The number of benzene rings is 2. The third-order valence-corrected chi connectivity index (χ3v) is 7.04. The van der Waals surface area contributed by atoms with E-state index in [9.17, 15) is 13.2 Å². The summed E-state index contributed by atoms with van der Waals surface area (Å²) in [5.41, 5.74) is 1.42. The van der Waals surface area contributed by atoms with E-state index >= 15 is 0 Å². The van der Waals surface area contributed by atoms with Gasteiger partial charge in [0.25, 0.3) is 10.0 Å². The maximum atomic E-state index is 12.7. The fourth-order valence-electron chi connectivity index (χ4n) is 3.67. The molecule has 1 N–H and O–H groups in total. The van der Waals surface area contributed by atoms with Crippen molar-refractivity contribution in [2.45, 2.75) is 30.1 Å². The van der Waals surface area contributed by atoms with Crippen LogP contribution in [-0.2, 0) is 14.8 Å². The van der Waals surface area contributed by atoms with Crippen LogP contribution < -0.4 is 5.32 Å². The first-order chi connectivity index (χ1) is 13.8. The van der Waals surface area contributed by atoms with Crippen molar-refractivity contribution in [3.63, 3.8) is 0 Å². The molecule has 29 heavy (non-hydrogen) atoms. The van der Waals surface area contributed by atoms with E-state index < -0.39 is 10.0 Å². The predicted molar refractivity (Wildman–Crippen MR) is 114 cm³/mol. The highest BCUT2D eigenvalue weighted by atomic mass is 35.5. The Kier molecular flexibility index (Phi) is 5.36. The SMILES string of the molecule is CN1CCC/C1=N\S(=O)(=O)c1cccc(NC(=O)C2CC2c2ccccc2Cl)c1. The topological polar surface area (TPSA) is 78.8 Å². The Bertz CT molecular complexity index is 1080. The van der Waals surface area contributed by atoms with Crippen molar-refractivity contribution in [2.24, 2.45) is 10.3 Å². The fourth-order valence-corrected chi connectivity index (χ4v) is 5.09. The number of carbonyl (C=O) groups is 1. The molecule has 2 aromatic rings. The molecule has 1 saturated carbocycles. The van der Waals surface area contributed by atoms with Crippen LogP contribution in [0.5, 0.6) is 0 Å². The number of nitrogens with zero attached hydrogens (tertiary/aromatic N) is 2. The summed E-state index contributed by atoms with van der Waals surface area (Å²) in [7, 11) is -1.99. The number of amides is 1. The molecule has 1 aliphatic carbocycles. The summed E-state index contributed by atoms with van der Waals surface area (Å²) in [6, 6.07) is 13.8. The zero-order valence-corrected chi connectivity index (χ0v) is 17.6. The summed E-state index contributed by atoms with van der Waals surface area (Å²) in [4.78, 5) is 14.5. The molecule has 1 aliphatic heterocycles. The fraction of sp³-hybridized carbons (Fsp3) is 0.333. The maximum absolute atomic E-state index is 12.7. The first-order valence-corrected chi connectivity index (χ1v) is 11.4. The van der Waals surface area contributed by atoms with Gasteiger partial charge in [0.2, 0.25) is 5.91 Å². The molecule has 0 bridgehead atoms. The molecular formula is C21H22ClN3O3S. The summed E-state index contributed by atoms with van der Waals surface area (Å²) in [5, 5.41) is 3.50. The molecule has 2 atom stereocenters. The lowest BCUT2D eigenvalue weighted by atomic mass is 10.1. The lowest BCUT2D eigenvalue weighted by Crippen LogP contribution is -2.20. The number of sulfonamides is 1. The maximum Gasteiger partial charge on any atom is 0.284 e. The summed E-state index contributed by atoms with van der Waals surface area (Å²) in [6.45, 7) is 0.804. The van der Waals surface area contributed by atoms with Gasteiger partial charge >= 0.3 is 0 Å². The summed E-state index contributed by atoms with van der Waals surface area (Å²) >= 11 is 6.23. The van der Waals surface area contributed by atoms with Gasteiger partial charge in [0.05, 0.1) is 4.90 Å². The summed E-state index contributed by atoms with van der Waals surface area (Å²) in [6.07, 6.45) is 2.28. The molecule has 1 saturated heterocycles. The number of likely N-dealkylation sites (tertiary alicyclic amines) is 1. The molecule has 8 heteroatoms. The standard InChI is InChI=1S/C21H22ClN3O3S/c1-25-11-5-10-20(25)24-29(27,28)15-7-4-6-14(12-15)23-21(26)18-13-17(18)16-8-2-3-9-19(16)22/h2-4,6-9,12,17-18H,5,10-11,13H2,1H3,(H,23,26)/b24-20+. The van der Waals surface area contributed by atoms with Crippen molar-refractivity contribution in [2.75, 3.05) is 18.9 Å². The second kappa shape index (κ2) is 7.80. The Labute approximate surface area is 175 Å². The number of carbonyl (C=O) groups excluding carboxylic acids is 1. The number of halogens is 1. The van der Waals surface area contributed by atoms with E-state index in [-0.39, 0.29) is 22.6 Å². The number of anilines is 1. The van der Waals surface area contributed by atoms with Crippen molar-refractivity contribution in [1.29, 1.82) is 0 Å². The van der Waals surface area contributed by atoms with Crippen molar-refractivity contribution < 1.29 is 13.2 Å². The smallest absolute Gasteiger partial charge is 0.284 e. The van der Waals surface area contributed by atoms with Gasteiger partial charge in [-0.25, -0.2) is 0 Å². The van der Waals surface area contributed by atoms with Crippen molar-refractivity contribution >= 4 is 39.1 Å². The Morgan fingerprint density at radius 1 is 1.21 bits per heavy atom. The molecule has 2 unspecified atom stereocenters. The van der Waals surface area contributed by atoms with Crippen LogP contribution in [0.3, 0.4) is 0 Å². The third kappa shape index (κ3) is 4.31. The second-order valence-electron chi connectivity index (χ2n) is 7.49. The first kappa shape index (κ1) is 19.9. The Balaban J connectivity index is 1.47. The summed E-state index contributed by atoms with van der Waals surface area (Å²) < 4.78 is 29.3. The van der Waals surface area contributed by atoms with Gasteiger partial charge in [0.1, 0.15) is 5.84 Å². The van der Waals surface area contributed by atoms with Crippen LogP contribution in [0.15, 0.2) is 57.8 Å². The molecule has 2 fully saturated rings. The van der Waals surface area contributed by atoms with Gasteiger partial charge < -0.3 is 10.2 Å². The van der Waals surface area contributed by atoms with Crippen LogP contribution in [0.2, 0.25) is 5.02 Å². The molecule has 1 amide bonds. The third-order valence-electron chi connectivity index (χ3n) is 5.39. The van der Waals surface area contributed by atoms with Crippen molar-refractivity contribution in [3.05, 3.63) is 59.1 Å². The van der Waals surface area contributed by atoms with Crippen LogP contribution in [0.25, 0.3) is 0 Å². The Morgan fingerprint density at radius 2 is 2.00 bits per heavy atom. The minimum atomic E-state index is -3.82. The highest BCUT2D eigenvalue weighted by molar-refractivity contribution is 7.90. The lowest BCUT2D eigenvalue weighted by molar-refractivity contribution is -0.117. The molecule has 4 rings (SSSR count). The monoisotopic (exact) mass is 431 g/mol. The molecule has 6 nitrogen and oxygen atoms in total. The van der Waals surface area contributed by atoms with Gasteiger partial charge in [-0.1, -0.05) is 35.9 Å². The van der Waals surface area contributed by atoms with Gasteiger partial charge in [0.15, 0.2) is 0 Å². The van der Waals surface area contributed by atoms with Gasteiger partial charge in [-0.05, 0) is 48.6 Å².